The van der Waals surface area contributed by atoms with Crippen LogP contribution in [-0.4, -0.2) is 34.4 Å². The van der Waals surface area contributed by atoms with Gasteiger partial charge in [0.1, 0.15) is 0 Å². The third-order valence-corrected chi connectivity index (χ3v) is 2.04. The Balaban J connectivity index is 2.95. The zero-order chi connectivity index (χ0) is 7.82. The van der Waals surface area contributed by atoms with Gasteiger partial charge < -0.3 is 10.2 Å². The molecule has 0 radical (unpaired) electrons. The molecule has 10 heavy (non-hydrogen) atoms. The van der Waals surface area contributed by atoms with Crippen molar-refractivity contribution in [1.29, 1.82) is 0 Å². The average molecular weight is 162 g/mol. The van der Waals surface area contributed by atoms with Crippen LogP contribution in [-0.2, 0) is 0 Å². The van der Waals surface area contributed by atoms with E-state index in [0.717, 1.165) is 11.5 Å². The van der Waals surface area contributed by atoms with Crippen LogP contribution < -0.4 is 0 Å². The fourth-order valence-electron chi connectivity index (χ4n) is 0.477. The Hall–Kier alpha value is 0.01000. The number of hydrogen-bond acceptors (Lipinski definition) is 3. The van der Waals surface area contributed by atoms with Crippen LogP contribution in [0.15, 0.2) is 12.7 Å². The van der Waals surface area contributed by atoms with Crippen LogP contribution in [0.1, 0.15) is 6.42 Å². The van der Waals surface area contributed by atoms with Crippen molar-refractivity contribution in [3.8, 4) is 0 Å². The van der Waals surface area contributed by atoms with Gasteiger partial charge >= 0.3 is 0 Å². The standard InChI is InChI=1S/C7H14O2S/c1-2-4-10-5-3-7(9)6-8/h2,7-9H,1,3-6H2. The zero-order valence-electron chi connectivity index (χ0n) is 5.99. The molecule has 2 N–H and O–H groups in total. The quantitative estimate of drug-likeness (QED) is 0.445. The molecule has 0 aromatic carbocycles. The van der Waals surface area contributed by atoms with Crippen molar-refractivity contribution in [2.45, 2.75) is 12.5 Å². The van der Waals surface area contributed by atoms with E-state index in [0.29, 0.717) is 6.42 Å². The summed E-state index contributed by atoms with van der Waals surface area (Å²) in [5.74, 6) is 1.80. The van der Waals surface area contributed by atoms with Gasteiger partial charge in [0, 0.05) is 5.75 Å². The van der Waals surface area contributed by atoms with E-state index in [1.165, 1.54) is 0 Å². The third kappa shape index (κ3) is 6.13. The molecule has 0 aliphatic heterocycles. The van der Waals surface area contributed by atoms with E-state index < -0.39 is 6.10 Å². The summed E-state index contributed by atoms with van der Waals surface area (Å²) in [6.07, 6.45) is 1.95. The van der Waals surface area contributed by atoms with Crippen molar-refractivity contribution in [1.82, 2.24) is 0 Å². The Labute approximate surface area is 66.0 Å². The van der Waals surface area contributed by atoms with Gasteiger partial charge in [-0.25, -0.2) is 0 Å². The molecule has 0 aliphatic rings. The Morgan fingerprint density at radius 2 is 2.30 bits per heavy atom. The lowest BCUT2D eigenvalue weighted by Crippen LogP contribution is -2.12. The largest absolute Gasteiger partial charge is 0.394 e. The first kappa shape index (κ1) is 10.0. The highest BCUT2D eigenvalue weighted by Gasteiger charge is 1.99. The predicted octanol–water partition coefficient (Wildman–Crippen LogP) is 0.649. The number of aliphatic hydroxyl groups excluding tert-OH is 2. The highest BCUT2D eigenvalue weighted by atomic mass is 32.2. The van der Waals surface area contributed by atoms with E-state index >= 15 is 0 Å². The van der Waals surface area contributed by atoms with Crippen molar-refractivity contribution in [2.75, 3.05) is 18.1 Å². The maximum Gasteiger partial charge on any atom is 0.0778 e. The van der Waals surface area contributed by atoms with Crippen molar-refractivity contribution in [2.24, 2.45) is 0 Å². The summed E-state index contributed by atoms with van der Waals surface area (Å²) in [7, 11) is 0. The molecule has 0 aromatic rings. The molecule has 2 nitrogen and oxygen atoms in total. The topological polar surface area (TPSA) is 40.5 Å². The molecule has 0 aromatic heterocycles. The third-order valence-electron chi connectivity index (χ3n) is 1.04. The van der Waals surface area contributed by atoms with Crippen molar-refractivity contribution >= 4 is 11.8 Å². The second-order valence-electron chi connectivity index (χ2n) is 1.99. The first-order valence-corrected chi connectivity index (χ1v) is 4.44. The second-order valence-corrected chi connectivity index (χ2v) is 3.14. The molecular weight excluding hydrogens is 148 g/mol. The van der Waals surface area contributed by atoms with Gasteiger partial charge in [-0.05, 0) is 12.2 Å². The lowest BCUT2D eigenvalue weighted by Gasteiger charge is -2.04. The molecule has 0 saturated heterocycles. The molecule has 0 spiro atoms. The Morgan fingerprint density at radius 1 is 1.60 bits per heavy atom. The van der Waals surface area contributed by atoms with Crippen LogP contribution in [0.5, 0.6) is 0 Å². The molecule has 1 atom stereocenters. The lowest BCUT2D eigenvalue weighted by molar-refractivity contribution is 0.0932. The van der Waals surface area contributed by atoms with Crippen LogP contribution in [0, 0.1) is 0 Å². The maximum absolute atomic E-state index is 8.87. The summed E-state index contributed by atoms with van der Waals surface area (Å²) >= 11 is 1.71. The van der Waals surface area contributed by atoms with Gasteiger partial charge in [-0.15, -0.1) is 6.58 Å². The van der Waals surface area contributed by atoms with E-state index in [1.54, 1.807) is 11.8 Å². The molecule has 0 bridgehead atoms. The van der Waals surface area contributed by atoms with Gasteiger partial charge in [0.2, 0.25) is 0 Å². The Morgan fingerprint density at radius 3 is 2.80 bits per heavy atom. The van der Waals surface area contributed by atoms with Gasteiger partial charge in [0.15, 0.2) is 0 Å². The summed E-state index contributed by atoms with van der Waals surface area (Å²) in [5, 5.41) is 17.3. The van der Waals surface area contributed by atoms with Crippen molar-refractivity contribution in [3.05, 3.63) is 12.7 Å². The summed E-state index contributed by atoms with van der Waals surface area (Å²) in [5.41, 5.74) is 0. The molecular formula is C7H14O2S. The Bertz CT molecular complexity index is 85.7. The normalized spacial score (nSPS) is 13.0. The molecule has 0 amide bonds. The molecule has 0 saturated carbocycles. The monoisotopic (exact) mass is 162 g/mol. The van der Waals surface area contributed by atoms with E-state index in [4.69, 9.17) is 10.2 Å². The fourth-order valence-corrected chi connectivity index (χ4v) is 1.25. The first-order valence-electron chi connectivity index (χ1n) is 3.28. The molecule has 0 rings (SSSR count). The molecule has 0 aliphatic carbocycles. The van der Waals surface area contributed by atoms with E-state index in [-0.39, 0.29) is 6.61 Å². The van der Waals surface area contributed by atoms with Gasteiger partial charge in [0.25, 0.3) is 0 Å². The molecule has 0 fully saturated rings. The molecule has 0 heterocycles. The average Bonchev–Trinajstić information content (AvgIpc) is 1.98. The fraction of sp³-hybridized carbons (Fsp3) is 0.714. The number of thioether (sulfide) groups is 1. The summed E-state index contributed by atoms with van der Waals surface area (Å²) in [6, 6.07) is 0. The van der Waals surface area contributed by atoms with Gasteiger partial charge in [-0.3, -0.25) is 0 Å². The van der Waals surface area contributed by atoms with Gasteiger partial charge in [-0.2, -0.15) is 11.8 Å². The molecule has 60 valence electrons. The SMILES string of the molecule is C=CCSCCC(O)CO. The van der Waals surface area contributed by atoms with E-state index in [2.05, 4.69) is 6.58 Å². The molecule has 3 heteroatoms. The minimum absolute atomic E-state index is 0.130. The summed E-state index contributed by atoms with van der Waals surface area (Å²) in [6.45, 7) is 3.43. The maximum atomic E-state index is 8.87. The number of hydrogen-bond donors (Lipinski definition) is 2. The number of aliphatic hydroxyl groups is 2. The van der Waals surface area contributed by atoms with Gasteiger partial charge in [0.05, 0.1) is 12.7 Å². The first-order chi connectivity index (χ1) is 4.81. The molecule has 1 unspecified atom stereocenters. The van der Waals surface area contributed by atoms with E-state index in [9.17, 15) is 0 Å². The van der Waals surface area contributed by atoms with Crippen molar-refractivity contribution < 1.29 is 10.2 Å². The summed E-state index contributed by atoms with van der Waals surface area (Å²) < 4.78 is 0. The van der Waals surface area contributed by atoms with Crippen molar-refractivity contribution in [3.63, 3.8) is 0 Å². The van der Waals surface area contributed by atoms with Crippen LogP contribution >= 0.6 is 11.8 Å². The van der Waals surface area contributed by atoms with Gasteiger partial charge in [-0.1, -0.05) is 6.08 Å². The predicted molar refractivity (Wildman–Crippen MR) is 45.2 cm³/mol. The van der Waals surface area contributed by atoms with Crippen LogP contribution in [0.25, 0.3) is 0 Å². The highest BCUT2D eigenvalue weighted by molar-refractivity contribution is 7.99. The second kappa shape index (κ2) is 7.12. The Kier molecular flexibility index (Phi) is 7.13. The minimum atomic E-state index is -0.544. The van der Waals surface area contributed by atoms with Crippen LogP contribution in [0.2, 0.25) is 0 Å². The highest BCUT2D eigenvalue weighted by Crippen LogP contribution is 2.03. The van der Waals surface area contributed by atoms with Crippen LogP contribution in [0.3, 0.4) is 0 Å². The minimum Gasteiger partial charge on any atom is -0.394 e. The van der Waals surface area contributed by atoms with E-state index in [1.807, 2.05) is 6.08 Å². The number of rotatable bonds is 6. The zero-order valence-corrected chi connectivity index (χ0v) is 6.81. The summed E-state index contributed by atoms with van der Waals surface area (Å²) in [4.78, 5) is 0. The van der Waals surface area contributed by atoms with Crippen LogP contribution in [0.4, 0.5) is 0 Å². The smallest absolute Gasteiger partial charge is 0.0778 e. The lowest BCUT2D eigenvalue weighted by atomic mass is 10.3.